The van der Waals surface area contributed by atoms with Crippen molar-refractivity contribution in [1.82, 2.24) is 4.98 Å². The largest absolute Gasteiger partial charge is 0.423 e. The smallest absolute Gasteiger partial charge is 0.307 e. The molecule has 0 aliphatic heterocycles. The summed E-state index contributed by atoms with van der Waals surface area (Å²) in [7, 11) is 1.89. The number of aromatic nitrogens is 1. The first-order valence-electron chi connectivity index (χ1n) is 3.52. The van der Waals surface area contributed by atoms with Crippen LogP contribution in [0.15, 0.2) is 28.7 Å². The van der Waals surface area contributed by atoms with Gasteiger partial charge in [0.15, 0.2) is 5.58 Å². The van der Waals surface area contributed by atoms with E-state index in [-0.39, 0.29) is 0 Å². The van der Waals surface area contributed by atoms with Crippen molar-refractivity contribution in [3.63, 3.8) is 0 Å². The molecule has 1 heterocycles. The van der Waals surface area contributed by atoms with Gasteiger partial charge >= 0.3 is 6.01 Å². The van der Waals surface area contributed by atoms with Gasteiger partial charge in [-0.2, -0.15) is 4.98 Å². The molecule has 2 rings (SSSR count). The number of halogens is 1. The van der Waals surface area contributed by atoms with E-state index in [0.29, 0.717) is 6.01 Å². The molecule has 0 unspecified atom stereocenters. The number of anilines is 1. The fraction of sp³-hybridized carbons (Fsp3) is 0.125. The van der Waals surface area contributed by atoms with Crippen molar-refractivity contribution in [3.05, 3.63) is 24.3 Å². The summed E-state index contributed by atoms with van der Waals surface area (Å²) < 4.78 is 7.25. The zero-order valence-electron chi connectivity index (χ0n) is 6.49. The van der Waals surface area contributed by atoms with E-state index < -0.39 is 0 Å². The number of fused-ring (bicyclic) bond motifs is 1. The van der Waals surface area contributed by atoms with E-state index in [2.05, 4.69) is 27.8 Å². The predicted molar refractivity (Wildman–Crippen MR) is 56.4 cm³/mol. The van der Waals surface area contributed by atoms with Crippen LogP contribution in [0, 0.1) is 0 Å². The Labute approximate surface area is 83.9 Å². The molecule has 1 aromatic heterocycles. The highest BCUT2D eigenvalue weighted by atomic mass is 127. The summed E-state index contributed by atoms with van der Waals surface area (Å²) in [6, 6.07) is 8.36. The minimum absolute atomic E-state index is 0.636. The molecule has 12 heavy (non-hydrogen) atoms. The van der Waals surface area contributed by atoms with Gasteiger partial charge in [0.1, 0.15) is 5.52 Å². The molecule has 0 amide bonds. The third kappa shape index (κ3) is 1.26. The standard InChI is InChI=1S/C8H7IN2O/c1-11(9)8-10-6-4-2-3-5-7(6)12-8/h2-5H,1H3. The van der Waals surface area contributed by atoms with E-state index >= 15 is 0 Å². The molecular weight excluding hydrogens is 267 g/mol. The van der Waals surface area contributed by atoms with Crippen LogP contribution in [0.3, 0.4) is 0 Å². The van der Waals surface area contributed by atoms with Gasteiger partial charge in [-0.15, -0.1) is 0 Å². The number of rotatable bonds is 1. The third-order valence-electron chi connectivity index (χ3n) is 1.55. The Balaban J connectivity index is 2.62. The topological polar surface area (TPSA) is 29.3 Å². The summed E-state index contributed by atoms with van der Waals surface area (Å²) in [6.07, 6.45) is 0. The summed E-state index contributed by atoms with van der Waals surface area (Å²) in [6.45, 7) is 0. The van der Waals surface area contributed by atoms with E-state index in [1.165, 1.54) is 0 Å². The van der Waals surface area contributed by atoms with Crippen molar-refractivity contribution in [2.45, 2.75) is 0 Å². The van der Waals surface area contributed by atoms with Crippen molar-refractivity contribution < 1.29 is 4.42 Å². The lowest BCUT2D eigenvalue weighted by Crippen LogP contribution is -1.98. The van der Waals surface area contributed by atoms with Crippen LogP contribution >= 0.6 is 22.9 Å². The average Bonchev–Trinajstić information content (AvgIpc) is 2.46. The van der Waals surface area contributed by atoms with Gasteiger partial charge in [-0.05, 0) is 12.1 Å². The fourth-order valence-corrected chi connectivity index (χ4v) is 1.20. The maximum Gasteiger partial charge on any atom is 0.307 e. The Bertz CT molecular complexity index is 364. The monoisotopic (exact) mass is 274 g/mol. The second kappa shape index (κ2) is 2.93. The molecule has 1 aromatic carbocycles. The van der Waals surface area contributed by atoms with Crippen LogP contribution in [0.5, 0.6) is 0 Å². The lowest BCUT2D eigenvalue weighted by molar-refractivity contribution is 0.613. The maximum absolute atomic E-state index is 5.44. The van der Waals surface area contributed by atoms with Gasteiger partial charge in [-0.3, -0.25) is 3.11 Å². The second-order valence-corrected chi connectivity index (χ2v) is 3.89. The summed E-state index contributed by atoms with van der Waals surface area (Å²) in [4.78, 5) is 4.26. The summed E-state index contributed by atoms with van der Waals surface area (Å²) in [5.41, 5.74) is 1.73. The number of hydrogen-bond acceptors (Lipinski definition) is 3. The van der Waals surface area contributed by atoms with Crippen LogP contribution < -0.4 is 3.11 Å². The molecule has 0 aliphatic carbocycles. The van der Waals surface area contributed by atoms with Crippen molar-refractivity contribution in [2.24, 2.45) is 0 Å². The minimum Gasteiger partial charge on any atom is -0.423 e. The first kappa shape index (κ1) is 7.85. The number of hydrogen-bond donors (Lipinski definition) is 0. The minimum atomic E-state index is 0.636. The van der Waals surface area contributed by atoms with Crippen molar-refractivity contribution in [3.8, 4) is 0 Å². The van der Waals surface area contributed by atoms with Gasteiger partial charge in [0.05, 0.1) is 22.9 Å². The molecule has 0 spiro atoms. The Kier molecular flexibility index (Phi) is 1.92. The van der Waals surface area contributed by atoms with E-state index in [4.69, 9.17) is 4.42 Å². The predicted octanol–water partition coefficient (Wildman–Crippen LogP) is 2.61. The molecule has 0 fully saturated rings. The van der Waals surface area contributed by atoms with E-state index in [0.717, 1.165) is 11.1 Å². The Morgan fingerprint density at radius 1 is 1.42 bits per heavy atom. The van der Waals surface area contributed by atoms with E-state index in [1.807, 2.05) is 34.4 Å². The molecule has 3 nitrogen and oxygen atoms in total. The van der Waals surface area contributed by atoms with Crippen molar-refractivity contribution in [1.29, 1.82) is 0 Å². The van der Waals surface area contributed by atoms with Gasteiger partial charge in [-0.1, -0.05) is 12.1 Å². The van der Waals surface area contributed by atoms with Crippen LogP contribution in [0.25, 0.3) is 11.1 Å². The summed E-state index contributed by atoms with van der Waals surface area (Å²) >= 11 is 2.12. The maximum atomic E-state index is 5.44. The molecule has 0 saturated heterocycles. The van der Waals surface area contributed by atoms with Crippen molar-refractivity contribution >= 4 is 40.0 Å². The number of nitrogens with zero attached hydrogens (tertiary/aromatic N) is 2. The highest BCUT2D eigenvalue weighted by Gasteiger charge is 2.05. The molecule has 0 saturated carbocycles. The third-order valence-corrected chi connectivity index (χ3v) is 1.96. The van der Waals surface area contributed by atoms with Crippen LogP contribution in [0.4, 0.5) is 6.01 Å². The molecule has 4 heteroatoms. The van der Waals surface area contributed by atoms with Crippen LogP contribution in [-0.4, -0.2) is 12.0 Å². The van der Waals surface area contributed by atoms with Crippen LogP contribution in [-0.2, 0) is 0 Å². The number of para-hydroxylation sites is 2. The van der Waals surface area contributed by atoms with Crippen LogP contribution in [0.2, 0.25) is 0 Å². The first-order chi connectivity index (χ1) is 5.77. The Hall–Kier alpha value is -0.780. The van der Waals surface area contributed by atoms with Gasteiger partial charge in [0, 0.05) is 7.05 Å². The molecule has 0 atom stereocenters. The summed E-state index contributed by atoms with van der Waals surface area (Å²) in [5, 5.41) is 0. The zero-order valence-corrected chi connectivity index (χ0v) is 8.65. The Morgan fingerprint density at radius 3 is 2.83 bits per heavy atom. The Morgan fingerprint density at radius 2 is 2.17 bits per heavy atom. The van der Waals surface area contributed by atoms with E-state index in [9.17, 15) is 0 Å². The average molecular weight is 274 g/mol. The molecular formula is C8H7IN2O. The van der Waals surface area contributed by atoms with Gasteiger partial charge in [0.25, 0.3) is 0 Å². The van der Waals surface area contributed by atoms with Gasteiger partial charge < -0.3 is 4.42 Å². The summed E-state index contributed by atoms with van der Waals surface area (Å²) in [5.74, 6) is 0. The molecule has 62 valence electrons. The number of benzene rings is 1. The lowest BCUT2D eigenvalue weighted by Gasteiger charge is -1.99. The van der Waals surface area contributed by atoms with Crippen molar-refractivity contribution in [2.75, 3.05) is 10.2 Å². The highest BCUT2D eigenvalue weighted by Crippen LogP contribution is 2.21. The zero-order chi connectivity index (χ0) is 8.55. The normalized spacial score (nSPS) is 10.5. The quantitative estimate of drug-likeness (QED) is 0.591. The molecule has 0 bridgehead atoms. The number of oxazole rings is 1. The highest BCUT2D eigenvalue weighted by molar-refractivity contribution is 14.1. The fourth-order valence-electron chi connectivity index (χ4n) is 0.992. The SMILES string of the molecule is CN(I)c1nc2ccccc2o1. The van der Waals surface area contributed by atoms with Gasteiger partial charge in [0.2, 0.25) is 0 Å². The molecule has 0 N–H and O–H groups in total. The first-order valence-corrected chi connectivity index (χ1v) is 4.49. The van der Waals surface area contributed by atoms with E-state index in [1.54, 1.807) is 0 Å². The lowest BCUT2D eigenvalue weighted by atomic mass is 10.3. The molecule has 2 aromatic rings. The second-order valence-electron chi connectivity index (χ2n) is 2.44. The van der Waals surface area contributed by atoms with Crippen LogP contribution in [0.1, 0.15) is 0 Å². The molecule has 0 aliphatic rings. The molecule has 0 radical (unpaired) electrons. The van der Waals surface area contributed by atoms with Gasteiger partial charge in [-0.25, -0.2) is 0 Å².